The lowest BCUT2D eigenvalue weighted by molar-refractivity contribution is 0.590. The van der Waals surface area contributed by atoms with Crippen LogP contribution in [0.5, 0.6) is 0 Å². The first kappa shape index (κ1) is 12.2. The minimum absolute atomic E-state index is 0.220. The molecule has 3 rings (SSSR count). The number of rotatable bonds is 1. The van der Waals surface area contributed by atoms with Crippen molar-refractivity contribution in [3.8, 4) is 0 Å². The molecule has 0 saturated heterocycles. The maximum absolute atomic E-state index is 2.28. The van der Waals surface area contributed by atoms with E-state index in [1.807, 2.05) is 0 Å². The van der Waals surface area contributed by atoms with Crippen LogP contribution in [0.25, 0.3) is 5.57 Å². The lowest BCUT2D eigenvalue weighted by Crippen LogP contribution is -2.10. The lowest BCUT2D eigenvalue weighted by atomic mass is 9.85. The Bertz CT molecular complexity index is 598. The molecule has 0 spiro atoms. The van der Waals surface area contributed by atoms with Gasteiger partial charge in [0, 0.05) is 5.92 Å². The van der Waals surface area contributed by atoms with Crippen molar-refractivity contribution in [3.05, 3.63) is 77.4 Å². The van der Waals surface area contributed by atoms with Crippen molar-refractivity contribution in [1.82, 2.24) is 0 Å². The topological polar surface area (TPSA) is 0 Å². The molecule has 0 aromatic heterocycles. The van der Waals surface area contributed by atoms with Crippen LogP contribution in [0.2, 0.25) is 0 Å². The van der Waals surface area contributed by atoms with E-state index in [0.29, 0.717) is 5.92 Å². The van der Waals surface area contributed by atoms with Gasteiger partial charge in [-0.15, -0.1) is 0 Å². The van der Waals surface area contributed by atoms with Crippen molar-refractivity contribution in [2.24, 2.45) is 5.92 Å². The minimum Gasteiger partial charge on any atom is -0.0732 e. The molecule has 0 nitrogen and oxygen atoms in total. The molecule has 0 aliphatic heterocycles. The van der Waals surface area contributed by atoms with Crippen LogP contribution in [0.1, 0.15) is 31.9 Å². The van der Waals surface area contributed by atoms with Crippen molar-refractivity contribution < 1.29 is 0 Å². The number of fused-ring (bicyclic) bond motifs is 1. The summed E-state index contributed by atoms with van der Waals surface area (Å²) in [5, 5.41) is 0. The Labute approximate surface area is 115 Å². The van der Waals surface area contributed by atoms with E-state index in [1.54, 1.807) is 0 Å². The molecule has 0 bridgehead atoms. The van der Waals surface area contributed by atoms with Gasteiger partial charge in [0.25, 0.3) is 0 Å². The van der Waals surface area contributed by atoms with Crippen LogP contribution >= 0.6 is 0 Å². The first-order valence-corrected chi connectivity index (χ1v) is 6.94. The second-order valence-electron chi connectivity index (χ2n) is 6.33. The fraction of sp³-hybridized carbons (Fsp3) is 0.263. The normalized spacial score (nSPS) is 21.1. The van der Waals surface area contributed by atoms with Crippen molar-refractivity contribution in [1.29, 1.82) is 0 Å². The van der Waals surface area contributed by atoms with Crippen LogP contribution in [0.3, 0.4) is 0 Å². The van der Waals surface area contributed by atoms with E-state index in [-0.39, 0.29) is 5.41 Å². The summed E-state index contributed by atoms with van der Waals surface area (Å²) >= 11 is 0. The highest BCUT2D eigenvalue weighted by Crippen LogP contribution is 2.36. The van der Waals surface area contributed by atoms with Crippen LogP contribution in [0.15, 0.2) is 66.3 Å². The van der Waals surface area contributed by atoms with E-state index in [1.165, 1.54) is 22.3 Å². The number of hydrogen-bond acceptors (Lipinski definition) is 0. The third-order valence-corrected chi connectivity index (χ3v) is 3.91. The Hall–Kier alpha value is -1.82. The fourth-order valence-electron chi connectivity index (χ4n) is 2.70. The summed E-state index contributed by atoms with van der Waals surface area (Å²) in [5.74, 6) is 0.474. The molecule has 2 aliphatic rings. The highest BCUT2D eigenvalue weighted by Gasteiger charge is 2.19. The van der Waals surface area contributed by atoms with Gasteiger partial charge in [0.05, 0.1) is 0 Å². The van der Waals surface area contributed by atoms with Crippen molar-refractivity contribution in [2.75, 3.05) is 0 Å². The molecule has 0 amide bonds. The fourth-order valence-corrected chi connectivity index (χ4v) is 2.70. The van der Waals surface area contributed by atoms with Gasteiger partial charge >= 0.3 is 0 Å². The standard InChI is InChI=1S/C19H20/c1-19(2,3)16-11-8-15(9-12-16)18-13-10-14-6-4-5-7-17(14)18/h4-14H,1-3H3. The van der Waals surface area contributed by atoms with E-state index in [2.05, 4.69) is 81.5 Å². The second kappa shape index (κ2) is 4.38. The smallest absolute Gasteiger partial charge is 0.0211 e. The highest BCUT2D eigenvalue weighted by molar-refractivity contribution is 5.83. The average molecular weight is 248 g/mol. The van der Waals surface area contributed by atoms with Gasteiger partial charge in [0.2, 0.25) is 0 Å². The molecule has 0 saturated carbocycles. The zero-order valence-electron chi connectivity index (χ0n) is 11.9. The van der Waals surface area contributed by atoms with E-state index in [9.17, 15) is 0 Å². The van der Waals surface area contributed by atoms with E-state index >= 15 is 0 Å². The Morgan fingerprint density at radius 3 is 2.26 bits per heavy atom. The number of hydrogen-bond donors (Lipinski definition) is 0. The maximum Gasteiger partial charge on any atom is 0.0211 e. The number of allylic oxidation sites excluding steroid dienone is 8. The van der Waals surface area contributed by atoms with Crippen LogP contribution in [0.4, 0.5) is 0 Å². The van der Waals surface area contributed by atoms with Gasteiger partial charge in [-0.2, -0.15) is 0 Å². The highest BCUT2D eigenvalue weighted by atomic mass is 14.2. The van der Waals surface area contributed by atoms with Crippen LogP contribution in [-0.2, 0) is 5.41 Å². The molecule has 0 N–H and O–H groups in total. The molecule has 0 heteroatoms. The summed E-state index contributed by atoms with van der Waals surface area (Å²) in [6.45, 7) is 6.76. The van der Waals surface area contributed by atoms with Crippen LogP contribution in [-0.4, -0.2) is 0 Å². The van der Waals surface area contributed by atoms with Gasteiger partial charge in [0.1, 0.15) is 0 Å². The first-order valence-electron chi connectivity index (χ1n) is 6.94. The lowest BCUT2D eigenvalue weighted by Gasteiger charge is -2.19. The second-order valence-corrected chi connectivity index (χ2v) is 6.33. The molecule has 96 valence electrons. The predicted molar refractivity (Wildman–Crippen MR) is 83.0 cm³/mol. The molecule has 1 unspecified atom stereocenters. The molecule has 2 aliphatic carbocycles. The van der Waals surface area contributed by atoms with E-state index < -0.39 is 0 Å². The predicted octanol–water partition coefficient (Wildman–Crippen LogP) is 5.05. The van der Waals surface area contributed by atoms with E-state index in [4.69, 9.17) is 0 Å². The third kappa shape index (κ3) is 2.23. The van der Waals surface area contributed by atoms with Crippen LogP contribution < -0.4 is 0 Å². The molecule has 0 heterocycles. The average Bonchev–Trinajstić information content (AvgIpc) is 2.82. The SMILES string of the molecule is CC(C)(C)c1ccc(C2=C3C=CC=CC3C=C2)cc1. The van der Waals surface area contributed by atoms with Gasteiger partial charge in [-0.1, -0.05) is 81.5 Å². The zero-order valence-corrected chi connectivity index (χ0v) is 11.9. The van der Waals surface area contributed by atoms with Crippen LogP contribution in [0, 0.1) is 5.92 Å². The van der Waals surface area contributed by atoms with Gasteiger partial charge < -0.3 is 0 Å². The summed E-state index contributed by atoms with van der Waals surface area (Å²) in [7, 11) is 0. The summed E-state index contributed by atoms with van der Waals surface area (Å²) < 4.78 is 0. The number of benzene rings is 1. The van der Waals surface area contributed by atoms with Crippen molar-refractivity contribution in [3.63, 3.8) is 0 Å². The quantitative estimate of drug-likeness (QED) is 0.652. The molecule has 1 aromatic carbocycles. The monoisotopic (exact) mass is 248 g/mol. The minimum atomic E-state index is 0.220. The Morgan fingerprint density at radius 1 is 0.842 bits per heavy atom. The molecule has 1 aromatic rings. The van der Waals surface area contributed by atoms with Gasteiger partial charge in [-0.05, 0) is 27.7 Å². The Kier molecular flexibility index (Phi) is 2.82. The van der Waals surface area contributed by atoms with E-state index in [0.717, 1.165) is 0 Å². The van der Waals surface area contributed by atoms with Gasteiger partial charge in [0.15, 0.2) is 0 Å². The zero-order chi connectivity index (χ0) is 13.5. The van der Waals surface area contributed by atoms with Crippen molar-refractivity contribution in [2.45, 2.75) is 26.2 Å². The maximum atomic E-state index is 2.28. The summed E-state index contributed by atoms with van der Waals surface area (Å²) in [4.78, 5) is 0. The molecular formula is C19H20. The van der Waals surface area contributed by atoms with Gasteiger partial charge in [-0.3, -0.25) is 0 Å². The molecule has 0 fully saturated rings. The molecule has 0 radical (unpaired) electrons. The molecule has 1 atom stereocenters. The molecular weight excluding hydrogens is 228 g/mol. The van der Waals surface area contributed by atoms with Crippen molar-refractivity contribution >= 4 is 5.57 Å². The van der Waals surface area contributed by atoms with Gasteiger partial charge in [-0.25, -0.2) is 0 Å². The third-order valence-electron chi connectivity index (χ3n) is 3.91. The Balaban J connectivity index is 1.98. The largest absolute Gasteiger partial charge is 0.0732 e. The summed E-state index contributed by atoms with van der Waals surface area (Å²) in [6, 6.07) is 9.02. The summed E-state index contributed by atoms with van der Waals surface area (Å²) in [5.41, 5.74) is 5.72. The summed E-state index contributed by atoms with van der Waals surface area (Å²) in [6.07, 6.45) is 13.3. The first-order chi connectivity index (χ1) is 9.05. The molecule has 19 heavy (non-hydrogen) atoms. The Morgan fingerprint density at radius 2 is 1.58 bits per heavy atom.